The number of carbonyl (C=O) groups excluding carboxylic acids is 1. The molecule has 0 spiro atoms. The van der Waals surface area contributed by atoms with Crippen LogP contribution in [0.1, 0.15) is 34.3 Å². The molecule has 2 aromatic rings. The molecule has 0 N–H and O–H groups in total. The topological polar surface area (TPSA) is 23.6 Å². The molecular formula is C24H29FN2O. The summed E-state index contributed by atoms with van der Waals surface area (Å²) in [6.07, 6.45) is 4.75. The van der Waals surface area contributed by atoms with Crippen LogP contribution in [0.4, 0.5) is 4.39 Å². The van der Waals surface area contributed by atoms with E-state index < -0.39 is 0 Å². The average Bonchev–Trinajstić information content (AvgIpc) is 2.73. The first-order chi connectivity index (χ1) is 13.6. The summed E-state index contributed by atoms with van der Waals surface area (Å²) in [4.78, 5) is 16.9. The highest BCUT2D eigenvalue weighted by Crippen LogP contribution is 2.19. The van der Waals surface area contributed by atoms with Gasteiger partial charge in [-0.3, -0.25) is 4.79 Å². The van der Waals surface area contributed by atoms with Crippen molar-refractivity contribution >= 4 is 12.0 Å². The van der Waals surface area contributed by atoms with E-state index in [0.29, 0.717) is 11.5 Å². The van der Waals surface area contributed by atoms with Gasteiger partial charge in [-0.1, -0.05) is 43.0 Å². The Kier molecular flexibility index (Phi) is 6.99. The molecule has 28 heavy (non-hydrogen) atoms. The molecule has 148 valence electrons. The van der Waals surface area contributed by atoms with Gasteiger partial charge in [0, 0.05) is 32.2 Å². The zero-order valence-corrected chi connectivity index (χ0v) is 16.6. The van der Waals surface area contributed by atoms with Crippen LogP contribution in [0.2, 0.25) is 0 Å². The van der Waals surface area contributed by atoms with Crippen LogP contribution in [-0.2, 0) is 6.42 Å². The van der Waals surface area contributed by atoms with Gasteiger partial charge in [-0.15, -0.1) is 0 Å². The molecule has 1 aliphatic rings. The lowest BCUT2D eigenvalue weighted by Crippen LogP contribution is -2.42. The zero-order chi connectivity index (χ0) is 19.9. The van der Waals surface area contributed by atoms with Crippen molar-refractivity contribution in [2.45, 2.75) is 19.3 Å². The number of benzene rings is 2. The number of halogens is 1. The third-order valence-electron chi connectivity index (χ3n) is 5.53. The third kappa shape index (κ3) is 5.29. The molecule has 1 atom stereocenters. The van der Waals surface area contributed by atoms with Crippen molar-refractivity contribution in [3.63, 3.8) is 0 Å². The summed E-state index contributed by atoms with van der Waals surface area (Å²) >= 11 is 0. The number of hydrogen-bond acceptors (Lipinski definition) is 2. The Balaban J connectivity index is 1.51. The molecule has 0 unspecified atom stereocenters. The van der Waals surface area contributed by atoms with E-state index in [1.54, 1.807) is 12.1 Å². The molecule has 0 aromatic heterocycles. The second-order valence-electron chi connectivity index (χ2n) is 7.66. The minimum absolute atomic E-state index is 0.0547. The largest absolute Gasteiger partial charge is 0.341 e. The first-order valence-corrected chi connectivity index (χ1v) is 10.0. The fourth-order valence-corrected chi connectivity index (χ4v) is 3.94. The van der Waals surface area contributed by atoms with Gasteiger partial charge in [0.25, 0.3) is 5.91 Å². The Morgan fingerprint density at radius 2 is 2.00 bits per heavy atom. The van der Waals surface area contributed by atoms with Gasteiger partial charge >= 0.3 is 0 Å². The van der Waals surface area contributed by atoms with Gasteiger partial charge in [-0.05, 0) is 61.1 Å². The highest BCUT2D eigenvalue weighted by molar-refractivity contribution is 5.94. The van der Waals surface area contributed by atoms with Gasteiger partial charge in [0.05, 0.1) is 0 Å². The van der Waals surface area contributed by atoms with E-state index in [1.165, 1.54) is 6.07 Å². The molecule has 0 saturated carbocycles. The Morgan fingerprint density at radius 1 is 1.25 bits per heavy atom. The maximum absolute atomic E-state index is 13.8. The van der Waals surface area contributed by atoms with Gasteiger partial charge in [0.15, 0.2) is 0 Å². The molecule has 3 rings (SSSR count). The minimum Gasteiger partial charge on any atom is -0.341 e. The summed E-state index contributed by atoms with van der Waals surface area (Å²) in [6.45, 7) is 7.36. The standard InChI is InChI=1S/C24H29FN2O/c1-3-19-10-12-22(13-11-19)24(28)26(2)17-20-7-6-15-27(18-20)16-14-21-8-4-5-9-23(21)25/h3-5,8-13,20H,1,6-7,14-18H2,2H3/t20-/m1/s1. The first-order valence-electron chi connectivity index (χ1n) is 10.0. The van der Waals surface area contributed by atoms with Crippen LogP contribution in [0.25, 0.3) is 6.08 Å². The molecule has 1 aliphatic heterocycles. The van der Waals surface area contributed by atoms with E-state index in [4.69, 9.17) is 0 Å². The number of likely N-dealkylation sites (tertiary alicyclic amines) is 1. The maximum Gasteiger partial charge on any atom is 0.253 e. The summed E-state index contributed by atoms with van der Waals surface area (Å²) in [5.41, 5.74) is 2.50. The van der Waals surface area contributed by atoms with E-state index in [2.05, 4.69) is 11.5 Å². The molecule has 0 aliphatic carbocycles. The van der Waals surface area contributed by atoms with E-state index in [1.807, 2.05) is 48.3 Å². The molecular weight excluding hydrogens is 351 g/mol. The molecule has 2 aromatic carbocycles. The third-order valence-corrected chi connectivity index (χ3v) is 5.53. The summed E-state index contributed by atoms with van der Waals surface area (Å²) < 4.78 is 13.8. The SMILES string of the molecule is C=Cc1ccc(C(=O)N(C)C[C@H]2CCCN(CCc3ccccc3F)C2)cc1. The Morgan fingerprint density at radius 3 is 2.71 bits per heavy atom. The van der Waals surface area contributed by atoms with Crippen LogP contribution in [0.5, 0.6) is 0 Å². The second-order valence-corrected chi connectivity index (χ2v) is 7.66. The normalized spacial score (nSPS) is 17.3. The molecule has 3 nitrogen and oxygen atoms in total. The van der Waals surface area contributed by atoms with Crippen molar-refractivity contribution in [3.05, 3.63) is 77.6 Å². The molecule has 0 radical (unpaired) electrons. The average molecular weight is 381 g/mol. The Hall–Kier alpha value is -2.46. The predicted molar refractivity (Wildman–Crippen MR) is 113 cm³/mol. The molecule has 1 fully saturated rings. The number of amides is 1. The van der Waals surface area contributed by atoms with Gasteiger partial charge in [-0.2, -0.15) is 0 Å². The molecule has 1 saturated heterocycles. The number of carbonyl (C=O) groups is 1. The zero-order valence-electron chi connectivity index (χ0n) is 16.6. The Labute approximate surface area is 167 Å². The molecule has 0 bridgehead atoms. The van der Waals surface area contributed by atoms with Gasteiger partial charge < -0.3 is 9.80 Å². The Bertz CT molecular complexity index is 803. The van der Waals surface area contributed by atoms with Crippen molar-refractivity contribution in [3.8, 4) is 0 Å². The van der Waals surface area contributed by atoms with E-state index in [0.717, 1.165) is 56.6 Å². The summed E-state index contributed by atoms with van der Waals surface area (Å²) in [6, 6.07) is 14.6. The van der Waals surface area contributed by atoms with Crippen molar-refractivity contribution in [2.75, 3.05) is 33.2 Å². The minimum atomic E-state index is -0.121. The van der Waals surface area contributed by atoms with Crippen molar-refractivity contribution in [1.82, 2.24) is 9.80 Å². The molecule has 1 amide bonds. The first kappa shape index (κ1) is 20.3. The van der Waals surface area contributed by atoms with E-state index in [-0.39, 0.29) is 11.7 Å². The predicted octanol–water partition coefficient (Wildman–Crippen LogP) is 4.50. The van der Waals surface area contributed by atoms with Crippen LogP contribution in [-0.4, -0.2) is 48.9 Å². The van der Waals surface area contributed by atoms with Crippen LogP contribution < -0.4 is 0 Å². The van der Waals surface area contributed by atoms with Crippen LogP contribution in [0, 0.1) is 11.7 Å². The van der Waals surface area contributed by atoms with E-state index in [9.17, 15) is 9.18 Å². The lowest BCUT2D eigenvalue weighted by atomic mass is 9.96. The lowest BCUT2D eigenvalue weighted by Gasteiger charge is -2.34. The molecule has 4 heteroatoms. The summed E-state index contributed by atoms with van der Waals surface area (Å²) in [5, 5.41) is 0. The number of hydrogen-bond donors (Lipinski definition) is 0. The van der Waals surface area contributed by atoms with Crippen LogP contribution >= 0.6 is 0 Å². The van der Waals surface area contributed by atoms with Crippen molar-refractivity contribution in [2.24, 2.45) is 5.92 Å². The smallest absolute Gasteiger partial charge is 0.253 e. The number of piperidine rings is 1. The van der Waals surface area contributed by atoms with Gasteiger partial charge in [0.2, 0.25) is 0 Å². The number of nitrogens with zero attached hydrogens (tertiary/aromatic N) is 2. The number of rotatable bonds is 7. The monoisotopic (exact) mass is 380 g/mol. The highest BCUT2D eigenvalue weighted by Gasteiger charge is 2.23. The van der Waals surface area contributed by atoms with Crippen LogP contribution in [0.15, 0.2) is 55.1 Å². The maximum atomic E-state index is 13.8. The van der Waals surface area contributed by atoms with Gasteiger partial charge in [-0.25, -0.2) is 4.39 Å². The van der Waals surface area contributed by atoms with E-state index >= 15 is 0 Å². The fraction of sp³-hybridized carbons (Fsp3) is 0.375. The van der Waals surface area contributed by atoms with Crippen molar-refractivity contribution in [1.29, 1.82) is 0 Å². The van der Waals surface area contributed by atoms with Crippen molar-refractivity contribution < 1.29 is 9.18 Å². The second kappa shape index (κ2) is 9.65. The lowest BCUT2D eigenvalue weighted by molar-refractivity contribution is 0.0730. The highest BCUT2D eigenvalue weighted by atomic mass is 19.1. The van der Waals surface area contributed by atoms with Crippen LogP contribution in [0.3, 0.4) is 0 Å². The summed E-state index contributed by atoms with van der Waals surface area (Å²) in [5.74, 6) is 0.388. The quantitative estimate of drug-likeness (QED) is 0.706. The fourth-order valence-electron chi connectivity index (χ4n) is 3.94. The summed E-state index contributed by atoms with van der Waals surface area (Å²) in [7, 11) is 1.88. The van der Waals surface area contributed by atoms with Gasteiger partial charge in [0.1, 0.15) is 5.82 Å². The molecule has 1 heterocycles.